The van der Waals surface area contributed by atoms with Crippen molar-refractivity contribution in [2.45, 2.75) is 0 Å². The van der Waals surface area contributed by atoms with Crippen LogP contribution < -0.4 is 9.47 Å². The third kappa shape index (κ3) is 2.45. The Balaban J connectivity index is 1.96. The lowest BCUT2D eigenvalue weighted by Gasteiger charge is -2.04. The monoisotopic (exact) mass is 302 g/mol. The van der Waals surface area contributed by atoms with E-state index in [2.05, 4.69) is 0 Å². The summed E-state index contributed by atoms with van der Waals surface area (Å²) in [5, 5.41) is 10.2. The van der Waals surface area contributed by atoms with Crippen LogP contribution in [0.1, 0.15) is 15.9 Å². The van der Waals surface area contributed by atoms with Gasteiger partial charge in [-0.3, -0.25) is 4.79 Å². The molecule has 2 aromatic carbocycles. The van der Waals surface area contributed by atoms with Gasteiger partial charge in [-0.25, -0.2) is 0 Å². The van der Waals surface area contributed by atoms with E-state index >= 15 is 0 Å². The van der Waals surface area contributed by atoms with Crippen molar-refractivity contribution in [3.05, 3.63) is 58.3 Å². The first-order valence-electron chi connectivity index (χ1n) is 6.19. The van der Waals surface area contributed by atoms with Gasteiger partial charge in [0.1, 0.15) is 5.75 Å². The maximum atomic E-state index is 12.2. The number of rotatable bonds is 2. The average Bonchev–Trinajstić information content (AvgIpc) is 2.76. The van der Waals surface area contributed by atoms with Crippen molar-refractivity contribution >= 4 is 23.5 Å². The van der Waals surface area contributed by atoms with Crippen LogP contribution in [0.2, 0.25) is 5.02 Å². The van der Waals surface area contributed by atoms with Crippen molar-refractivity contribution in [1.29, 1.82) is 0 Å². The molecular weight excluding hydrogens is 292 g/mol. The Hall–Kier alpha value is -2.46. The summed E-state index contributed by atoms with van der Waals surface area (Å²) in [6.45, 7) is 0. The molecule has 0 bridgehead atoms. The van der Waals surface area contributed by atoms with Gasteiger partial charge in [0.05, 0.1) is 12.7 Å². The number of carbonyl (C=O) groups excluding carboxylic acids is 1. The van der Waals surface area contributed by atoms with Gasteiger partial charge in [-0.1, -0.05) is 17.7 Å². The zero-order valence-corrected chi connectivity index (χ0v) is 11.8. The van der Waals surface area contributed by atoms with Gasteiger partial charge >= 0.3 is 0 Å². The number of phenols is 1. The summed E-state index contributed by atoms with van der Waals surface area (Å²) in [4.78, 5) is 12.2. The third-order valence-electron chi connectivity index (χ3n) is 3.13. The van der Waals surface area contributed by atoms with Crippen LogP contribution in [-0.2, 0) is 0 Å². The van der Waals surface area contributed by atoms with E-state index in [0.717, 1.165) is 0 Å². The number of phenolic OH excluding ortho intramolecular Hbond substituents is 1. The SMILES string of the molecule is COc1ccc(C=C2Oc3ccc(Cl)cc3C2=O)cc1O. The fraction of sp³-hybridized carbons (Fsp3) is 0.0625. The molecular formula is C16H11ClO4. The van der Waals surface area contributed by atoms with Gasteiger partial charge in [0, 0.05) is 5.02 Å². The molecule has 1 heterocycles. The minimum absolute atomic E-state index is 0.00199. The molecule has 0 saturated carbocycles. The maximum absolute atomic E-state index is 12.2. The summed E-state index contributed by atoms with van der Waals surface area (Å²) in [5.41, 5.74) is 1.07. The number of allylic oxidation sites excluding steroid dienone is 1. The molecule has 1 aliphatic rings. The number of ketones is 1. The molecule has 0 atom stereocenters. The molecule has 3 rings (SSSR count). The van der Waals surface area contributed by atoms with E-state index in [0.29, 0.717) is 27.6 Å². The summed E-state index contributed by atoms with van der Waals surface area (Å²) in [6, 6.07) is 9.73. The van der Waals surface area contributed by atoms with Gasteiger partial charge in [-0.2, -0.15) is 0 Å². The van der Waals surface area contributed by atoms with E-state index in [-0.39, 0.29) is 17.3 Å². The van der Waals surface area contributed by atoms with Crippen LogP contribution in [0, 0.1) is 0 Å². The lowest BCUT2D eigenvalue weighted by Crippen LogP contribution is -1.98. The number of Topliss-reactive ketones (excluding diaryl/α,β-unsaturated/α-hetero) is 1. The number of fused-ring (bicyclic) bond motifs is 1. The van der Waals surface area contributed by atoms with Crippen LogP contribution in [0.25, 0.3) is 6.08 Å². The van der Waals surface area contributed by atoms with E-state index in [1.165, 1.54) is 13.2 Å². The van der Waals surface area contributed by atoms with Crippen molar-refractivity contribution in [1.82, 2.24) is 0 Å². The molecule has 1 aliphatic heterocycles. The van der Waals surface area contributed by atoms with E-state index < -0.39 is 0 Å². The molecule has 1 N–H and O–H groups in total. The lowest BCUT2D eigenvalue weighted by atomic mass is 10.1. The van der Waals surface area contributed by atoms with Gasteiger partial charge < -0.3 is 14.6 Å². The third-order valence-corrected chi connectivity index (χ3v) is 3.37. The first kappa shape index (κ1) is 13.5. The molecule has 0 unspecified atom stereocenters. The predicted molar refractivity (Wildman–Crippen MR) is 79.0 cm³/mol. The van der Waals surface area contributed by atoms with E-state index in [1.807, 2.05) is 0 Å². The Kier molecular flexibility index (Phi) is 3.31. The number of halogens is 1. The Bertz CT molecular complexity index is 765. The summed E-state index contributed by atoms with van der Waals surface area (Å²) < 4.78 is 10.5. The minimum Gasteiger partial charge on any atom is -0.504 e. The topological polar surface area (TPSA) is 55.8 Å². The molecule has 0 fully saturated rings. The molecule has 21 heavy (non-hydrogen) atoms. The van der Waals surface area contributed by atoms with Gasteiger partial charge in [-0.05, 0) is 42.0 Å². The highest BCUT2D eigenvalue weighted by molar-refractivity contribution is 6.31. The Morgan fingerprint density at radius 3 is 2.76 bits per heavy atom. The molecule has 0 radical (unpaired) electrons. The lowest BCUT2D eigenvalue weighted by molar-refractivity contribution is 0.101. The average molecular weight is 303 g/mol. The maximum Gasteiger partial charge on any atom is 0.232 e. The fourth-order valence-electron chi connectivity index (χ4n) is 2.11. The number of benzene rings is 2. The Morgan fingerprint density at radius 1 is 1.24 bits per heavy atom. The van der Waals surface area contributed by atoms with Crippen molar-refractivity contribution < 1.29 is 19.4 Å². The summed E-state index contributed by atoms with van der Waals surface area (Å²) in [6.07, 6.45) is 1.56. The first-order valence-corrected chi connectivity index (χ1v) is 6.57. The van der Waals surface area contributed by atoms with Crippen molar-refractivity contribution in [3.63, 3.8) is 0 Å². The molecule has 2 aromatic rings. The number of carbonyl (C=O) groups is 1. The molecule has 4 nitrogen and oxygen atoms in total. The molecule has 5 heteroatoms. The van der Waals surface area contributed by atoms with Crippen molar-refractivity contribution in [2.75, 3.05) is 7.11 Å². The molecule has 0 aliphatic carbocycles. The quantitative estimate of drug-likeness (QED) is 0.860. The van der Waals surface area contributed by atoms with Gasteiger partial charge in [-0.15, -0.1) is 0 Å². The smallest absolute Gasteiger partial charge is 0.232 e. The van der Waals surface area contributed by atoms with Gasteiger partial charge in [0.2, 0.25) is 5.78 Å². The van der Waals surface area contributed by atoms with Crippen LogP contribution in [-0.4, -0.2) is 18.0 Å². The minimum atomic E-state index is -0.234. The number of methoxy groups -OCH3 is 1. The Morgan fingerprint density at radius 2 is 2.05 bits per heavy atom. The number of hydrogen-bond acceptors (Lipinski definition) is 4. The first-order chi connectivity index (χ1) is 10.1. The normalized spacial score (nSPS) is 15.0. The predicted octanol–water partition coefficient (Wildman–Crippen LogP) is 3.67. The number of ether oxygens (including phenoxy) is 2. The molecule has 106 valence electrons. The number of hydrogen-bond donors (Lipinski definition) is 1. The van der Waals surface area contributed by atoms with Gasteiger partial charge in [0.15, 0.2) is 17.3 Å². The van der Waals surface area contributed by atoms with E-state index in [9.17, 15) is 9.90 Å². The van der Waals surface area contributed by atoms with Crippen LogP contribution in [0.4, 0.5) is 0 Å². The molecule has 0 saturated heterocycles. The van der Waals surface area contributed by atoms with Crippen molar-refractivity contribution in [3.8, 4) is 17.2 Å². The molecule has 0 aromatic heterocycles. The summed E-state index contributed by atoms with van der Waals surface area (Å²) in [5.74, 6) is 0.803. The van der Waals surface area contributed by atoms with Crippen LogP contribution in [0.3, 0.4) is 0 Å². The van der Waals surface area contributed by atoms with Crippen molar-refractivity contribution in [2.24, 2.45) is 0 Å². The fourth-order valence-corrected chi connectivity index (χ4v) is 2.28. The Labute approximate surface area is 126 Å². The highest BCUT2D eigenvalue weighted by Gasteiger charge is 2.27. The summed E-state index contributed by atoms with van der Waals surface area (Å²) in [7, 11) is 1.47. The second kappa shape index (κ2) is 5.14. The second-order valence-electron chi connectivity index (χ2n) is 4.51. The van der Waals surface area contributed by atoms with Crippen LogP contribution in [0.15, 0.2) is 42.2 Å². The highest BCUT2D eigenvalue weighted by Crippen LogP contribution is 2.34. The zero-order chi connectivity index (χ0) is 15.0. The number of aromatic hydroxyl groups is 1. The second-order valence-corrected chi connectivity index (χ2v) is 4.95. The summed E-state index contributed by atoms with van der Waals surface area (Å²) >= 11 is 5.88. The van der Waals surface area contributed by atoms with Crippen LogP contribution >= 0.6 is 11.6 Å². The largest absolute Gasteiger partial charge is 0.504 e. The highest BCUT2D eigenvalue weighted by atomic mass is 35.5. The molecule has 0 spiro atoms. The zero-order valence-electron chi connectivity index (χ0n) is 11.1. The standard InChI is InChI=1S/C16H11ClO4/c1-20-14-4-2-9(6-12(14)18)7-15-16(19)11-8-10(17)3-5-13(11)21-15/h2-8,18H,1H3. The van der Waals surface area contributed by atoms with Gasteiger partial charge in [0.25, 0.3) is 0 Å². The molecule has 0 amide bonds. The van der Waals surface area contributed by atoms with E-state index in [1.54, 1.807) is 36.4 Å². The van der Waals surface area contributed by atoms with E-state index in [4.69, 9.17) is 21.1 Å². The van der Waals surface area contributed by atoms with Crippen LogP contribution in [0.5, 0.6) is 17.2 Å².